The number of rotatable bonds is 5. The first-order chi connectivity index (χ1) is 9.64. The first-order valence-electron chi connectivity index (χ1n) is 5.97. The third kappa shape index (κ3) is 5.43. The summed E-state index contributed by atoms with van der Waals surface area (Å²) >= 11 is 5.92. The second-order valence-electron chi connectivity index (χ2n) is 4.36. The van der Waals surface area contributed by atoms with Crippen molar-refractivity contribution in [2.45, 2.75) is 26.1 Å². The molecule has 1 aromatic rings. The molecule has 0 aliphatic rings. The van der Waals surface area contributed by atoms with Crippen LogP contribution in [-0.2, 0) is 9.53 Å². The zero-order valence-corrected chi connectivity index (χ0v) is 12.4. The molecule has 0 aliphatic heterocycles. The first kappa shape index (κ1) is 17.6. The highest BCUT2D eigenvalue weighted by molar-refractivity contribution is 6.31. The van der Waals surface area contributed by atoms with Crippen molar-refractivity contribution in [2.75, 3.05) is 19.0 Å². The maximum absolute atomic E-state index is 12.0. The van der Waals surface area contributed by atoms with Crippen molar-refractivity contribution < 1.29 is 27.4 Å². The Morgan fingerprint density at radius 2 is 2.05 bits per heavy atom. The predicted molar refractivity (Wildman–Crippen MR) is 72.8 cm³/mol. The predicted octanol–water partition coefficient (Wildman–Crippen LogP) is 3.56. The van der Waals surface area contributed by atoms with Gasteiger partial charge in [-0.15, -0.1) is 0 Å². The summed E-state index contributed by atoms with van der Waals surface area (Å²) in [6.07, 6.45) is -5.74. The largest absolute Gasteiger partial charge is 0.495 e. The van der Waals surface area contributed by atoms with Crippen molar-refractivity contribution in [1.82, 2.24) is 0 Å². The number of hydrogen-bond donors (Lipinski definition) is 1. The molecule has 1 N–H and O–H groups in total. The zero-order valence-electron chi connectivity index (χ0n) is 11.7. The van der Waals surface area contributed by atoms with Crippen LogP contribution in [0.2, 0.25) is 5.02 Å². The van der Waals surface area contributed by atoms with Crippen molar-refractivity contribution in [2.24, 2.45) is 0 Å². The Morgan fingerprint density at radius 3 is 2.57 bits per heavy atom. The van der Waals surface area contributed by atoms with E-state index in [0.717, 1.165) is 0 Å². The minimum atomic E-state index is -4.48. The van der Waals surface area contributed by atoms with E-state index in [2.05, 4.69) is 10.1 Å². The van der Waals surface area contributed by atoms with E-state index in [9.17, 15) is 18.0 Å². The molecule has 0 bridgehead atoms. The fraction of sp³-hybridized carbons (Fsp3) is 0.462. The van der Waals surface area contributed by atoms with Crippen molar-refractivity contribution in [1.29, 1.82) is 0 Å². The summed E-state index contributed by atoms with van der Waals surface area (Å²) in [6.45, 7) is 1.47. The summed E-state index contributed by atoms with van der Waals surface area (Å²) in [6, 6.07) is 3.07. The number of anilines is 1. The first-order valence-corrected chi connectivity index (χ1v) is 6.35. The quantitative estimate of drug-likeness (QED) is 0.900. The molecule has 1 aromatic carbocycles. The summed E-state index contributed by atoms with van der Waals surface area (Å²) < 4.78 is 45.6. The van der Waals surface area contributed by atoms with Gasteiger partial charge >= 0.3 is 6.18 Å². The summed E-state index contributed by atoms with van der Waals surface area (Å²) in [5.74, 6) is -0.402. The third-order valence-corrected chi connectivity index (χ3v) is 3.01. The molecule has 0 fully saturated rings. The van der Waals surface area contributed by atoms with Crippen LogP contribution in [0.1, 0.15) is 12.5 Å². The average molecular weight is 326 g/mol. The monoisotopic (exact) mass is 325 g/mol. The number of alkyl halides is 3. The summed E-state index contributed by atoms with van der Waals surface area (Å²) in [5, 5.41) is 2.90. The maximum Gasteiger partial charge on any atom is 0.411 e. The fourth-order valence-corrected chi connectivity index (χ4v) is 1.61. The van der Waals surface area contributed by atoms with Gasteiger partial charge in [-0.3, -0.25) is 4.79 Å². The van der Waals surface area contributed by atoms with Crippen LogP contribution in [0.15, 0.2) is 12.1 Å². The van der Waals surface area contributed by atoms with Gasteiger partial charge in [0.1, 0.15) is 18.5 Å². The number of carbonyl (C=O) groups is 1. The van der Waals surface area contributed by atoms with Crippen LogP contribution in [0.25, 0.3) is 0 Å². The zero-order chi connectivity index (χ0) is 16.2. The number of carbonyl (C=O) groups excluding carboxylic acids is 1. The molecule has 1 rings (SSSR count). The smallest absolute Gasteiger partial charge is 0.411 e. The summed E-state index contributed by atoms with van der Waals surface area (Å²) in [7, 11) is 1.39. The van der Waals surface area contributed by atoms with Crippen LogP contribution in [0.3, 0.4) is 0 Å². The Kier molecular flexibility index (Phi) is 5.86. The number of hydrogen-bond acceptors (Lipinski definition) is 3. The van der Waals surface area contributed by atoms with Crippen LogP contribution in [0, 0.1) is 6.92 Å². The van der Waals surface area contributed by atoms with Crippen LogP contribution < -0.4 is 10.1 Å². The van der Waals surface area contributed by atoms with Crippen molar-refractivity contribution in [3.63, 3.8) is 0 Å². The number of methoxy groups -OCH3 is 1. The molecular weight excluding hydrogens is 311 g/mol. The Morgan fingerprint density at radius 1 is 1.43 bits per heavy atom. The SMILES string of the molecule is COc1cc(Cl)c(C)cc1NC(=O)[C@@H](C)OCC(F)(F)F. The molecule has 0 saturated carbocycles. The second-order valence-corrected chi connectivity index (χ2v) is 4.77. The molecule has 0 aromatic heterocycles. The van der Waals surface area contributed by atoms with E-state index < -0.39 is 24.8 Å². The Bertz CT molecular complexity index is 520. The van der Waals surface area contributed by atoms with Crippen molar-refractivity contribution >= 4 is 23.2 Å². The van der Waals surface area contributed by atoms with Crippen molar-refractivity contribution in [3.8, 4) is 5.75 Å². The molecule has 0 spiro atoms. The molecule has 1 atom stereocenters. The number of nitrogens with one attached hydrogen (secondary N) is 1. The minimum Gasteiger partial charge on any atom is -0.495 e. The van der Waals surface area contributed by atoms with Gasteiger partial charge in [0.25, 0.3) is 5.91 Å². The van der Waals surface area contributed by atoms with Crippen LogP contribution >= 0.6 is 11.6 Å². The Hall–Kier alpha value is -1.47. The molecule has 4 nitrogen and oxygen atoms in total. The summed E-state index contributed by atoms with van der Waals surface area (Å²) in [5.41, 5.74) is 1.00. The topological polar surface area (TPSA) is 47.6 Å². The number of ether oxygens (including phenoxy) is 2. The Balaban J connectivity index is 2.76. The number of benzene rings is 1. The van der Waals surface area contributed by atoms with Gasteiger partial charge < -0.3 is 14.8 Å². The molecule has 118 valence electrons. The van der Waals surface area contributed by atoms with Crippen LogP contribution in [0.5, 0.6) is 5.75 Å². The van der Waals surface area contributed by atoms with Gasteiger partial charge in [0.2, 0.25) is 0 Å². The van der Waals surface area contributed by atoms with Crippen LogP contribution in [0.4, 0.5) is 18.9 Å². The lowest BCUT2D eigenvalue weighted by Crippen LogP contribution is -2.31. The van der Waals surface area contributed by atoms with Crippen molar-refractivity contribution in [3.05, 3.63) is 22.7 Å². The van der Waals surface area contributed by atoms with Gasteiger partial charge in [0.15, 0.2) is 0 Å². The van der Waals surface area contributed by atoms with E-state index >= 15 is 0 Å². The van der Waals surface area contributed by atoms with Gasteiger partial charge in [0, 0.05) is 11.1 Å². The highest BCUT2D eigenvalue weighted by Gasteiger charge is 2.30. The molecule has 0 unspecified atom stereocenters. The molecule has 0 aliphatic carbocycles. The van der Waals surface area contributed by atoms with E-state index in [1.54, 1.807) is 13.0 Å². The lowest BCUT2D eigenvalue weighted by atomic mass is 10.2. The number of halogens is 4. The van der Waals surface area contributed by atoms with E-state index in [4.69, 9.17) is 16.3 Å². The third-order valence-electron chi connectivity index (χ3n) is 2.60. The van der Waals surface area contributed by atoms with Gasteiger partial charge in [-0.25, -0.2) is 0 Å². The maximum atomic E-state index is 12.0. The fourth-order valence-electron chi connectivity index (χ4n) is 1.46. The van der Waals surface area contributed by atoms with Crippen LogP contribution in [-0.4, -0.2) is 31.9 Å². The lowest BCUT2D eigenvalue weighted by Gasteiger charge is -2.16. The summed E-state index contributed by atoms with van der Waals surface area (Å²) in [4.78, 5) is 11.8. The molecule has 1 amide bonds. The molecule has 0 heterocycles. The van der Waals surface area contributed by atoms with E-state index in [1.807, 2.05) is 0 Å². The highest BCUT2D eigenvalue weighted by atomic mass is 35.5. The molecule has 21 heavy (non-hydrogen) atoms. The molecule has 0 radical (unpaired) electrons. The van der Waals surface area contributed by atoms with E-state index in [0.29, 0.717) is 22.0 Å². The molecule has 8 heteroatoms. The van der Waals surface area contributed by atoms with Gasteiger partial charge in [-0.05, 0) is 25.5 Å². The van der Waals surface area contributed by atoms with Gasteiger partial charge in [0.05, 0.1) is 12.8 Å². The number of aryl methyl sites for hydroxylation is 1. The molecular formula is C13H15ClF3NO3. The van der Waals surface area contributed by atoms with Gasteiger partial charge in [-0.1, -0.05) is 11.6 Å². The lowest BCUT2D eigenvalue weighted by molar-refractivity contribution is -0.184. The second kappa shape index (κ2) is 7.00. The number of amides is 1. The average Bonchev–Trinajstić information content (AvgIpc) is 2.38. The van der Waals surface area contributed by atoms with E-state index in [1.165, 1.54) is 20.1 Å². The normalized spacial score (nSPS) is 12.9. The van der Waals surface area contributed by atoms with E-state index in [-0.39, 0.29) is 0 Å². The highest BCUT2D eigenvalue weighted by Crippen LogP contribution is 2.31. The minimum absolute atomic E-state index is 0.307. The standard InChI is InChI=1S/C13H15ClF3NO3/c1-7-4-10(11(20-3)5-9(7)14)18-12(19)8(2)21-6-13(15,16)17/h4-5,8H,6H2,1-3H3,(H,18,19)/t8-/m1/s1. The Labute approximate surface area is 125 Å². The molecule has 0 saturated heterocycles. The van der Waals surface area contributed by atoms with Gasteiger partial charge in [-0.2, -0.15) is 13.2 Å².